The van der Waals surface area contributed by atoms with E-state index in [1.165, 1.54) is 11.3 Å². The van der Waals surface area contributed by atoms with Gasteiger partial charge in [0, 0.05) is 6.54 Å². The molecule has 7 nitrogen and oxygen atoms in total. The van der Waals surface area contributed by atoms with Gasteiger partial charge in [0.15, 0.2) is 5.78 Å². The number of rotatable bonds is 5. The highest BCUT2D eigenvalue weighted by molar-refractivity contribution is 7.88. The van der Waals surface area contributed by atoms with Gasteiger partial charge < -0.3 is 0 Å². The molecule has 1 aliphatic rings. The summed E-state index contributed by atoms with van der Waals surface area (Å²) in [5, 5.41) is 1.84. The number of thiophene rings is 1. The second-order valence-corrected chi connectivity index (χ2v) is 8.18. The number of ketones is 1. The largest absolute Gasteiger partial charge is 0.295 e. The number of hydrazine groups is 1. The first-order valence-corrected chi connectivity index (χ1v) is 9.59. The molecule has 9 heteroatoms. The molecule has 0 saturated carbocycles. The molecule has 1 aromatic rings. The SMILES string of the molecule is CS(=O)(=O)N(N)C(=O)C1CCCN(CC(=O)c2cccs2)C1. The lowest BCUT2D eigenvalue weighted by Crippen LogP contribution is -2.50. The van der Waals surface area contributed by atoms with E-state index in [9.17, 15) is 18.0 Å². The van der Waals surface area contributed by atoms with Crippen molar-refractivity contribution in [2.45, 2.75) is 12.8 Å². The maximum atomic E-state index is 12.1. The number of carbonyl (C=O) groups excluding carboxylic acids is 2. The summed E-state index contributed by atoms with van der Waals surface area (Å²) in [5.74, 6) is 4.26. The predicted molar refractivity (Wildman–Crippen MR) is 83.7 cm³/mol. The highest BCUT2D eigenvalue weighted by Gasteiger charge is 2.32. The van der Waals surface area contributed by atoms with E-state index >= 15 is 0 Å². The van der Waals surface area contributed by atoms with Crippen LogP contribution in [-0.4, -0.2) is 55.3 Å². The fourth-order valence-electron chi connectivity index (χ4n) is 2.46. The van der Waals surface area contributed by atoms with Crippen LogP contribution in [0.4, 0.5) is 0 Å². The Morgan fingerprint density at radius 2 is 2.23 bits per heavy atom. The molecule has 22 heavy (non-hydrogen) atoms. The first-order chi connectivity index (χ1) is 10.3. The van der Waals surface area contributed by atoms with E-state index in [1.807, 2.05) is 16.3 Å². The normalized spacial score (nSPS) is 19.8. The summed E-state index contributed by atoms with van der Waals surface area (Å²) in [7, 11) is -3.75. The van der Waals surface area contributed by atoms with E-state index in [0.29, 0.717) is 28.8 Å². The minimum Gasteiger partial charge on any atom is -0.295 e. The minimum absolute atomic E-state index is 0.0100. The number of piperidine rings is 1. The lowest BCUT2D eigenvalue weighted by atomic mass is 9.97. The standard InChI is InChI=1S/C13H19N3O4S2/c1-22(19,20)16(14)13(18)10-4-2-6-15(8-10)9-11(17)12-5-3-7-21-12/h3,5,7,10H,2,4,6,8-9,14H2,1H3. The van der Waals surface area contributed by atoms with Crippen molar-refractivity contribution in [1.82, 2.24) is 9.31 Å². The number of nitrogens with two attached hydrogens (primary N) is 1. The van der Waals surface area contributed by atoms with Crippen molar-refractivity contribution in [3.8, 4) is 0 Å². The molecule has 1 aliphatic heterocycles. The average Bonchev–Trinajstić information content (AvgIpc) is 2.99. The average molecular weight is 345 g/mol. The molecular formula is C13H19N3O4S2. The maximum absolute atomic E-state index is 12.1. The van der Waals surface area contributed by atoms with Crippen molar-refractivity contribution in [2.75, 3.05) is 25.9 Å². The Hall–Kier alpha value is -1.29. The van der Waals surface area contributed by atoms with E-state index in [0.717, 1.165) is 12.7 Å². The topological polar surface area (TPSA) is 101 Å². The van der Waals surface area contributed by atoms with E-state index in [2.05, 4.69) is 0 Å². The zero-order valence-corrected chi connectivity index (χ0v) is 13.9. The number of nitrogens with zero attached hydrogens (tertiary/aromatic N) is 2. The zero-order valence-electron chi connectivity index (χ0n) is 12.3. The Balaban J connectivity index is 1.97. The molecular weight excluding hydrogens is 326 g/mol. The summed E-state index contributed by atoms with van der Waals surface area (Å²) in [5.41, 5.74) is 0. The van der Waals surface area contributed by atoms with Crippen LogP contribution in [0.1, 0.15) is 22.5 Å². The molecule has 122 valence electrons. The summed E-state index contributed by atoms with van der Waals surface area (Å²) in [4.78, 5) is 26.8. The van der Waals surface area contributed by atoms with Gasteiger partial charge in [0.2, 0.25) is 10.0 Å². The zero-order chi connectivity index (χ0) is 16.3. The summed E-state index contributed by atoms with van der Waals surface area (Å²) in [6.45, 7) is 1.29. The summed E-state index contributed by atoms with van der Waals surface area (Å²) in [6, 6.07) is 3.59. The molecule has 0 bridgehead atoms. The predicted octanol–water partition coefficient (Wildman–Crippen LogP) is 0.305. The summed E-state index contributed by atoms with van der Waals surface area (Å²) < 4.78 is 23.0. The van der Waals surface area contributed by atoms with Crippen LogP contribution >= 0.6 is 11.3 Å². The van der Waals surface area contributed by atoms with Gasteiger partial charge in [0.1, 0.15) is 0 Å². The van der Waals surface area contributed by atoms with Gasteiger partial charge in [-0.15, -0.1) is 11.3 Å². The van der Waals surface area contributed by atoms with Crippen molar-refractivity contribution >= 4 is 33.1 Å². The van der Waals surface area contributed by atoms with Gasteiger partial charge >= 0.3 is 0 Å². The Morgan fingerprint density at radius 1 is 1.50 bits per heavy atom. The minimum atomic E-state index is -3.75. The van der Waals surface area contributed by atoms with Crippen LogP contribution in [0, 0.1) is 5.92 Å². The molecule has 0 spiro atoms. The lowest BCUT2D eigenvalue weighted by Gasteiger charge is -2.32. The number of carbonyl (C=O) groups is 2. The van der Waals surface area contributed by atoms with Gasteiger partial charge in [-0.1, -0.05) is 6.07 Å². The molecule has 1 amide bonds. The third kappa shape index (κ3) is 4.13. The van der Waals surface area contributed by atoms with Crippen molar-refractivity contribution in [3.05, 3.63) is 22.4 Å². The molecule has 1 atom stereocenters. The molecule has 2 heterocycles. The smallest absolute Gasteiger partial charge is 0.254 e. The Labute approximate surface area is 133 Å². The van der Waals surface area contributed by atoms with Gasteiger partial charge in [0.05, 0.1) is 23.6 Å². The molecule has 1 saturated heterocycles. The fourth-order valence-corrected chi connectivity index (χ4v) is 3.60. The van der Waals surface area contributed by atoms with Crippen LogP contribution in [-0.2, 0) is 14.8 Å². The van der Waals surface area contributed by atoms with Gasteiger partial charge in [-0.05, 0) is 30.8 Å². The van der Waals surface area contributed by atoms with Crippen LogP contribution in [0.15, 0.2) is 17.5 Å². The number of Topliss-reactive ketones (excluding diaryl/α,β-unsaturated/α-hetero) is 1. The number of sulfonamides is 1. The first kappa shape index (κ1) is 17.1. The highest BCUT2D eigenvalue weighted by Crippen LogP contribution is 2.20. The van der Waals surface area contributed by atoms with Crippen LogP contribution in [0.5, 0.6) is 0 Å². The third-order valence-electron chi connectivity index (χ3n) is 3.59. The van der Waals surface area contributed by atoms with E-state index in [4.69, 9.17) is 5.84 Å². The van der Waals surface area contributed by atoms with Crippen LogP contribution in [0.3, 0.4) is 0 Å². The second kappa shape index (κ2) is 6.86. The molecule has 0 radical (unpaired) electrons. The van der Waals surface area contributed by atoms with Crippen molar-refractivity contribution < 1.29 is 18.0 Å². The molecule has 2 N–H and O–H groups in total. The van der Waals surface area contributed by atoms with E-state index < -0.39 is 21.8 Å². The molecule has 1 unspecified atom stereocenters. The van der Waals surface area contributed by atoms with Gasteiger partial charge in [-0.3, -0.25) is 14.5 Å². The number of hydrogen-bond acceptors (Lipinski definition) is 7. The van der Waals surface area contributed by atoms with Crippen LogP contribution in [0.25, 0.3) is 0 Å². The molecule has 1 aromatic heterocycles. The first-order valence-electron chi connectivity index (χ1n) is 6.87. The van der Waals surface area contributed by atoms with Gasteiger partial charge in [-0.25, -0.2) is 14.3 Å². The number of amides is 1. The Kier molecular flexibility index (Phi) is 5.32. The monoisotopic (exact) mass is 345 g/mol. The van der Waals surface area contributed by atoms with Gasteiger partial charge in [0.25, 0.3) is 5.91 Å². The quantitative estimate of drug-likeness (QED) is 0.357. The van der Waals surface area contributed by atoms with Crippen molar-refractivity contribution in [3.63, 3.8) is 0 Å². The Bertz CT molecular complexity index is 642. The second-order valence-electron chi connectivity index (χ2n) is 5.37. The molecule has 0 aromatic carbocycles. The molecule has 2 rings (SSSR count). The summed E-state index contributed by atoms with van der Waals surface area (Å²) >= 11 is 1.38. The highest BCUT2D eigenvalue weighted by atomic mass is 32.2. The van der Waals surface area contributed by atoms with Crippen LogP contribution < -0.4 is 5.84 Å². The Morgan fingerprint density at radius 3 is 2.82 bits per heavy atom. The maximum Gasteiger partial charge on any atom is 0.254 e. The lowest BCUT2D eigenvalue weighted by molar-refractivity contribution is -0.132. The van der Waals surface area contributed by atoms with Crippen molar-refractivity contribution in [1.29, 1.82) is 0 Å². The number of likely N-dealkylation sites (tertiary alicyclic amines) is 1. The molecule has 1 fully saturated rings. The third-order valence-corrected chi connectivity index (χ3v) is 5.40. The van der Waals surface area contributed by atoms with Gasteiger partial charge in [-0.2, -0.15) is 4.41 Å². The fraction of sp³-hybridized carbons (Fsp3) is 0.538. The van der Waals surface area contributed by atoms with E-state index in [1.54, 1.807) is 6.07 Å². The number of hydrogen-bond donors (Lipinski definition) is 1. The van der Waals surface area contributed by atoms with Crippen LogP contribution in [0.2, 0.25) is 0 Å². The van der Waals surface area contributed by atoms with E-state index in [-0.39, 0.29) is 12.3 Å². The van der Waals surface area contributed by atoms with Crippen molar-refractivity contribution in [2.24, 2.45) is 11.8 Å². The summed E-state index contributed by atoms with van der Waals surface area (Å²) in [6.07, 6.45) is 2.20. The molecule has 0 aliphatic carbocycles.